The number of methoxy groups -OCH3 is 2. The summed E-state index contributed by atoms with van der Waals surface area (Å²) in [5.41, 5.74) is 0.607. The SMILES string of the molecule is COC(=O)c1cc(NC(=O)Nc2ccc3ccccc3c2)ccc1OS(=O)(=O)c1cccc(OC)c1. The van der Waals surface area contributed by atoms with E-state index in [1.54, 1.807) is 12.1 Å². The molecular formula is C26H22N2O7S. The number of amides is 2. The molecule has 0 heterocycles. The van der Waals surface area contributed by atoms with E-state index in [1.807, 2.05) is 36.4 Å². The van der Waals surface area contributed by atoms with E-state index < -0.39 is 22.1 Å². The molecule has 0 atom stereocenters. The Kier molecular flexibility index (Phi) is 7.07. The second-order valence-electron chi connectivity index (χ2n) is 7.56. The molecule has 0 aliphatic heterocycles. The minimum Gasteiger partial charge on any atom is -0.497 e. The highest BCUT2D eigenvalue weighted by Gasteiger charge is 2.23. The van der Waals surface area contributed by atoms with E-state index in [4.69, 9.17) is 13.7 Å². The molecule has 4 aromatic rings. The van der Waals surface area contributed by atoms with Gasteiger partial charge in [-0.1, -0.05) is 36.4 Å². The zero-order chi connectivity index (χ0) is 25.7. The lowest BCUT2D eigenvalue weighted by molar-refractivity contribution is 0.0599. The van der Waals surface area contributed by atoms with E-state index in [0.717, 1.165) is 17.9 Å². The van der Waals surface area contributed by atoms with Crippen molar-refractivity contribution in [3.05, 3.63) is 90.5 Å². The van der Waals surface area contributed by atoms with Crippen LogP contribution < -0.4 is 19.6 Å². The quantitative estimate of drug-likeness (QED) is 0.266. The first-order valence-corrected chi connectivity index (χ1v) is 12.1. The zero-order valence-corrected chi connectivity index (χ0v) is 20.2. The summed E-state index contributed by atoms with van der Waals surface area (Å²) in [6.45, 7) is 0. The molecule has 36 heavy (non-hydrogen) atoms. The largest absolute Gasteiger partial charge is 0.497 e. The van der Waals surface area contributed by atoms with Gasteiger partial charge >= 0.3 is 22.1 Å². The van der Waals surface area contributed by atoms with Crippen LogP contribution in [0.25, 0.3) is 10.8 Å². The van der Waals surface area contributed by atoms with Crippen molar-refractivity contribution in [1.29, 1.82) is 0 Å². The Morgan fingerprint density at radius 3 is 2.17 bits per heavy atom. The molecule has 2 amide bonds. The van der Waals surface area contributed by atoms with Crippen LogP contribution in [0.2, 0.25) is 0 Å². The minimum atomic E-state index is -4.29. The summed E-state index contributed by atoms with van der Waals surface area (Å²) in [6, 6.07) is 22.3. The number of esters is 1. The van der Waals surface area contributed by atoms with Gasteiger partial charge in [0.1, 0.15) is 16.2 Å². The molecule has 0 spiro atoms. The first kappa shape index (κ1) is 24.6. The van der Waals surface area contributed by atoms with Crippen molar-refractivity contribution in [2.24, 2.45) is 0 Å². The molecule has 2 N–H and O–H groups in total. The van der Waals surface area contributed by atoms with Gasteiger partial charge in [-0.25, -0.2) is 9.59 Å². The second-order valence-corrected chi connectivity index (χ2v) is 9.11. The van der Waals surface area contributed by atoms with Crippen LogP contribution in [0.4, 0.5) is 16.2 Å². The fourth-order valence-electron chi connectivity index (χ4n) is 3.43. The maximum absolute atomic E-state index is 12.8. The first-order chi connectivity index (χ1) is 17.3. The van der Waals surface area contributed by atoms with Gasteiger partial charge < -0.3 is 24.3 Å². The van der Waals surface area contributed by atoms with Gasteiger partial charge in [0.25, 0.3) is 0 Å². The standard InChI is InChI=1S/C26H22N2O7S/c1-33-21-8-5-9-22(16-21)36(31,32)35-24-13-12-20(15-23(24)25(29)34-2)28-26(30)27-19-11-10-17-6-3-4-7-18(17)14-19/h3-16H,1-2H3,(H2,27,28,30). The molecule has 0 aromatic heterocycles. The lowest BCUT2D eigenvalue weighted by Crippen LogP contribution is -2.20. The molecular weight excluding hydrogens is 484 g/mol. The number of hydrogen-bond donors (Lipinski definition) is 2. The van der Waals surface area contributed by atoms with Crippen molar-refractivity contribution in [2.75, 3.05) is 24.9 Å². The number of anilines is 2. The van der Waals surface area contributed by atoms with E-state index in [0.29, 0.717) is 11.4 Å². The lowest BCUT2D eigenvalue weighted by atomic mass is 10.1. The maximum Gasteiger partial charge on any atom is 0.341 e. The summed E-state index contributed by atoms with van der Waals surface area (Å²) in [7, 11) is -1.74. The van der Waals surface area contributed by atoms with Gasteiger partial charge in [-0.3, -0.25) is 0 Å². The number of hydrogen-bond acceptors (Lipinski definition) is 7. The summed E-state index contributed by atoms with van der Waals surface area (Å²) in [4.78, 5) is 24.8. The second kappa shape index (κ2) is 10.4. The molecule has 0 unspecified atom stereocenters. The summed E-state index contributed by atoms with van der Waals surface area (Å²) >= 11 is 0. The lowest BCUT2D eigenvalue weighted by Gasteiger charge is -2.13. The molecule has 0 saturated carbocycles. The molecule has 10 heteroatoms. The van der Waals surface area contributed by atoms with E-state index in [-0.39, 0.29) is 21.9 Å². The summed E-state index contributed by atoms with van der Waals surface area (Å²) in [5, 5.41) is 7.33. The minimum absolute atomic E-state index is 0.158. The molecule has 0 bridgehead atoms. The third-order valence-electron chi connectivity index (χ3n) is 5.18. The number of nitrogens with one attached hydrogen (secondary N) is 2. The van der Waals surface area contributed by atoms with Crippen molar-refractivity contribution in [3.8, 4) is 11.5 Å². The summed E-state index contributed by atoms with van der Waals surface area (Å²) in [6.07, 6.45) is 0. The van der Waals surface area contributed by atoms with E-state index in [9.17, 15) is 18.0 Å². The highest BCUT2D eigenvalue weighted by Crippen LogP contribution is 2.28. The Morgan fingerprint density at radius 2 is 1.44 bits per heavy atom. The van der Waals surface area contributed by atoms with Crippen LogP contribution in [0.15, 0.2) is 89.8 Å². The van der Waals surface area contributed by atoms with Gasteiger partial charge in [0.15, 0.2) is 5.75 Å². The Balaban J connectivity index is 1.54. The van der Waals surface area contributed by atoms with E-state index in [1.165, 1.54) is 43.5 Å². The van der Waals surface area contributed by atoms with E-state index in [2.05, 4.69) is 10.6 Å². The molecule has 0 saturated heterocycles. The summed E-state index contributed by atoms with van der Waals surface area (Å²) < 4.78 is 40.6. The fourth-order valence-corrected chi connectivity index (χ4v) is 4.42. The Bertz CT molecular complexity index is 1550. The normalized spacial score (nSPS) is 10.9. The van der Waals surface area contributed by atoms with Gasteiger partial charge in [-0.15, -0.1) is 0 Å². The zero-order valence-electron chi connectivity index (χ0n) is 19.3. The number of urea groups is 1. The molecule has 0 aliphatic rings. The Labute approximate surface area is 207 Å². The predicted octanol–water partition coefficient (Wildman–Crippen LogP) is 5.05. The topological polar surface area (TPSA) is 120 Å². The first-order valence-electron chi connectivity index (χ1n) is 10.7. The number of carbonyl (C=O) groups is 2. The highest BCUT2D eigenvalue weighted by atomic mass is 32.2. The Morgan fingerprint density at radius 1 is 0.750 bits per heavy atom. The molecule has 9 nitrogen and oxygen atoms in total. The average Bonchev–Trinajstić information content (AvgIpc) is 2.88. The van der Waals surface area contributed by atoms with Gasteiger partial charge in [-0.2, -0.15) is 8.42 Å². The van der Waals surface area contributed by atoms with Gasteiger partial charge in [0.05, 0.1) is 14.2 Å². The third-order valence-corrected chi connectivity index (χ3v) is 6.41. The number of fused-ring (bicyclic) bond motifs is 1. The molecule has 0 radical (unpaired) electrons. The Hall–Kier alpha value is -4.57. The smallest absolute Gasteiger partial charge is 0.341 e. The van der Waals surface area contributed by atoms with Crippen LogP contribution in [-0.4, -0.2) is 34.6 Å². The number of ether oxygens (including phenoxy) is 2. The van der Waals surface area contributed by atoms with Crippen LogP contribution in [0.3, 0.4) is 0 Å². The highest BCUT2D eigenvalue weighted by molar-refractivity contribution is 7.87. The van der Waals surface area contributed by atoms with Crippen LogP contribution in [0, 0.1) is 0 Å². The van der Waals surface area contributed by atoms with E-state index >= 15 is 0 Å². The van der Waals surface area contributed by atoms with Crippen molar-refractivity contribution >= 4 is 44.3 Å². The van der Waals surface area contributed by atoms with Crippen molar-refractivity contribution in [3.63, 3.8) is 0 Å². The molecule has 184 valence electrons. The van der Waals surface area contributed by atoms with Crippen LogP contribution >= 0.6 is 0 Å². The van der Waals surface area contributed by atoms with Crippen molar-refractivity contribution in [1.82, 2.24) is 0 Å². The predicted molar refractivity (Wildman–Crippen MR) is 135 cm³/mol. The van der Waals surface area contributed by atoms with Gasteiger partial charge in [0.2, 0.25) is 0 Å². The van der Waals surface area contributed by atoms with Crippen LogP contribution in [0.5, 0.6) is 11.5 Å². The number of rotatable bonds is 7. The molecule has 0 fully saturated rings. The monoisotopic (exact) mass is 506 g/mol. The van der Waals surface area contributed by atoms with Crippen LogP contribution in [-0.2, 0) is 14.9 Å². The molecule has 0 aliphatic carbocycles. The van der Waals surface area contributed by atoms with Crippen LogP contribution in [0.1, 0.15) is 10.4 Å². The summed E-state index contributed by atoms with van der Waals surface area (Å²) in [5.74, 6) is -0.778. The van der Waals surface area contributed by atoms with Crippen molar-refractivity contribution in [2.45, 2.75) is 4.90 Å². The van der Waals surface area contributed by atoms with Gasteiger partial charge in [0, 0.05) is 17.4 Å². The molecule has 4 rings (SSSR count). The van der Waals surface area contributed by atoms with Gasteiger partial charge in [-0.05, 0) is 53.2 Å². The third kappa shape index (κ3) is 5.56. The number of carbonyl (C=O) groups excluding carboxylic acids is 2. The molecule has 4 aromatic carbocycles. The average molecular weight is 507 g/mol. The number of benzene rings is 4. The van der Waals surface area contributed by atoms with Crippen molar-refractivity contribution < 1.29 is 31.7 Å². The maximum atomic E-state index is 12.8. The fraction of sp³-hybridized carbons (Fsp3) is 0.0769.